The van der Waals surface area contributed by atoms with Crippen LogP contribution in [0.4, 0.5) is 0 Å². The first-order valence-corrected chi connectivity index (χ1v) is 25.7. The Balaban J connectivity index is 0.921. The molecule has 4 saturated carbocycles. The number of hydrogen-bond acceptors (Lipinski definition) is 11. The van der Waals surface area contributed by atoms with Gasteiger partial charge in [0.2, 0.25) is 6.79 Å². The van der Waals surface area contributed by atoms with Crippen LogP contribution in [0.2, 0.25) is 0 Å². The van der Waals surface area contributed by atoms with Crippen LogP contribution in [0.3, 0.4) is 0 Å². The van der Waals surface area contributed by atoms with Crippen molar-refractivity contribution in [2.75, 3.05) is 13.0 Å². The normalized spacial score (nSPS) is 29.8. The zero-order valence-electron chi connectivity index (χ0n) is 38.8. The van der Waals surface area contributed by atoms with E-state index < -0.39 is 43.8 Å². The third kappa shape index (κ3) is 11.6. The summed E-state index contributed by atoms with van der Waals surface area (Å²) in [6, 6.07) is 27.7. The minimum Gasteiger partial charge on any atom is -0.460 e. The molecule has 0 bridgehead atoms. The van der Waals surface area contributed by atoms with Crippen LogP contribution in [0.5, 0.6) is 0 Å². The van der Waals surface area contributed by atoms with Crippen LogP contribution in [0, 0.1) is 51.8 Å². The molecule has 0 radical (unpaired) electrons. The van der Waals surface area contributed by atoms with Gasteiger partial charge in [0.15, 0.2) is 0 Å². The van der Waals surface area contributed by atoms with Crippen molar-refractivity contribution in [1.82, 2.24) is 0 Å². The molecule has 0 heterocycles. The Kier molecular flexibility index (Phi) is 16.2. The summed E-state index contributed by atoms with van der Waals surface area (Å²) in [4.78, 5) is 40.2. The lowest BCUT2D eigenvalue weighted by Crippen LogP contribution is -2.58. The van der Waals surface area contributed by atoms with Crippen LogP contribution < -0.4 is 0 Å². The van der Waals surface area contributed by atoms with Crippen molar-refractivity contribution in [1.29, 1.82) is 0 Å². The zero-order valence-corrected chi connectivity index (χ0v) is 39.7. The Bertz CT molecular complexity index is 2040. The fourth-order valence-electron chi connectivity index (χ4n) is 12.6. The summed E-state index contributed by atoms with van der Waals surface area (Å²) in [5, 5.41) is 22.4. The molecule has 0 aromatic heterocycles. The number of aliphatic hydroxyl groups is 2. The molecule has 354 valence electrons. The number of carbonyl (C=O) groups excluding carboxylic acids is 3. The summed E-state index contributed by atoms with van der Waals surface area (Å²) >= 11 is 0. The van der Waals surface area contributed by atoms with E-state index >= 15 is 0 Å². The van der Waals surface area contributed by atoms with E-state index in [4.69, 9.17) is 23.3 Å². The first kappa shape index (κ1) is 49.1. The van der Waals surface area contributed by atoms with Crippen molar-refractivity contribution in [3.8, 4) is 0 Å². The van der Waals surface area contributed by atoms with Gasteiger partial charge in [0, 0.05) is 12.8 Å². The van der Waals surface area contributed by atoms with Crippen LogP contribution in [0.25, 0.3) is 0 Å². The highest BCUT2D eigenvalue weighted by atomic mass is 31.2. The van der Waals surface area contributed by atoms with E-state index in [1.165, 1.54) is 6.42 Å². The van der Waals surface area contributed by atoms with E-state index in [1.54, 1.807) is 6.92 Å². The lowest BCUT2D eigenvalue weighted by Gasteiger charge is -2.62. The maximum absolute atomic E-state index is 14.6. The third-order valence-electron chi connectivity index (χ3n) is 16.4. The lowest BCUT2D eigenvalue weighted by molar-refractivity contribution is -0.175. The van der Waals surface area contributed by atoms with Gasteiger partial charge in [-0.3, -0.25) is 18.9 Å². The van der Waals surface area contributed by atoms with E-state index in [1.807, 2.05) is 91.0 Å². The highest BCUT2D eigenvalue weighted by Gasteiger charge is 2.63. The standard InChI is InChI=1S/C53H71O11P/c1-37(44-23-24-45-43-22-21-41-30-42(54)26-29-52(41,3)46(43)31-47(55)53(44,45)4)20-25-48(56)61-36-62-49(57)27-28-51(2,50(58)60-32-38-14-8-5-9-15-38)35-65(59,63-33-39-16-10-6-11-17-39)64-34-40-18-12-7-13-19-40/h5-19,37,41-47,54-55H,20-36H2,1-4H3/t37-,41-,42-,43?,44?,45?,46?,47+,51+,52+,53-/m1/s1. The summed E-state index contributed by atoms with van der Waals surface area (Å²) < 4.78 is 43.2. The highest BCUT2D eigenvalue weighted by Crippen LogP contribution is 2.68. The van der Waals surface area contributed by atoms with Crippen molar-refractivity contribution < 1.29 is 52.4 Å². The summed E-state index contributed by atoms with van der Waals surface area (Å²) in [6.07, 6.45) is 7.49. The molecular formula is C53H71O11P. The molecule has 0 spiro atoms. The number of rotatable bonds is 20. The predicted molar refractivity (Wildman–Crippen MR) is 247 cm³/mol. The van der Waals surface area contributed by atoms with Gasteiger partial charge >= 0.3 is 25.5 Å². The molecule has 11 nitrogen and oxygen atoms in total. The number of benzene rings is 3. The Hall–Kier alpha value is -3.86. The van der Waals surface area contributed by atoms with E-state index in [2.05, 4.69) is 20.8 Å². The Morgan fingerprint density at radius 3 is 1.89 bits per heavy atom. The molecular weight excluding hydrogens is 844 g/mol. The SMILES string of the molecule is C[C@H](CCC(=O)OCOC(=O)CC[C@@](C)(CP(=O)(OCc1ccccc1)OCc1ccccc1)C(=O)OCc1ccccc1)C1CCC2C3CC[C@@H]4C[C@H](O)CC[C@]4(C)C3C[C@H](O)[C@@]21C. The second kappa shape index (κ2) is 21.4. The van der Waals surface area contributed by atoms with Gasteiger partial charge in [0.05, 0.1) is 37.0 Å². The second-order valence-electron chi connectivity index (χ2n) is 20.5. The molecule has 2 N–H and O–H groups in total. The molecule has 0 aliphatic heterocycles. The van der Waals surface area contributed by atoms with Gasteiger partial charge in [-0.2, -0.15) is 0 Å². The van der Waals surface area contributed by atoms with Crippen molar-refractivity contribution in [2.45, 2.75) is 137 Å². The van der Waals surface area contributed by atoms with Crippen LogP contribution in [-0.2, 0) is 62.0 Å². The molecule has 65 heavy (non-hydrogen) atoms. The topological polar surface area (TPSA) is 155 Å². The molecule has 11 atom stereocenters. The Labute approximate surface area is 385 Å². The van der Waals surface area contributed by atoms with E-state index in [0.717, 1.165) is 61.6 Å². The minimum absolute atomic E-state index is 0.0233. The Morgan fingerprint density at radius 2 is 1.29 bits per heavy atom. The first-order chi connectivity index (χ1) is 31.1. The fraction of sp³-hybridized carbons (Fsp3) is 0.604. The molecule has 7 rings (SSSR count). The van der Waals surface area contributed by atoms with Crippen molar-refractivity contribution in [2.24, 2.45) is 51.8 Å². The van der Waals surface area contributed by atoms with Gasteiger partial charge < -0.3 is 33.5 Å². The van der Waals surface area contributed by atoms with Gasteiger partial charge in [0.1, 0.15) is 6.61 Å². The van der Waals surface area contributed by atoms with Crippen LogP contribution in [0.1, 0.15) is 121 Å². The maximum Gasteiger partial charge on any atom is 0.332 e. The molecule has 3 aromatic carbocycles. The fourth-order valence-corrected chi connectivity index (χ4v) is 14.7. The summed E-state index contributed by atoms with van der Waals surface area (Å²) in [6.45, 7) is 7.86. The molecule has 3 aromatic rings. The van der Waals surface area contributed by atoms with Gasteiger partial charge in [-0.05, 0) is 134 Å². The number of carbonyl (C=O) groups is 3. The van der Waals surface area contributed by atoms with Gasteiger partial charge in [-0.25, -0.2) is 0 Å². The summed E-state index contributed by atoms with van der Waals surface area (Å²) in [5.74, 6) is 0.673. The number of aliphatic hydroxyl groups excluding tert-OH is 2. The molecule has 4 unspecified atom stereocenters. The molecule has 12 heteroatoms. The van der Waals surface area contributed by atoms with Gasteiger partial charge in [0.25, 0.3) is 0 Å². The Morgan fingerprint density at radius 1 is 0.723 bits per heavy atom. The highest BCUT2D eigenvalue weighted by molar-refractivity contribution is 7.53. The monoisotopic (exact) mass is 914 g/mol. The average molecular weight is 915 g/mol. The predicted octanol–water partition coefficient (Wildman–Crippen LogP) is 10.6. The van der Waals surface area contributed by atoms with E-state index in [9.17, 15) is 29.2 Å². The number of fused-ring (bicyclic) bond motifs is 5. The molecule has 0 amide bonds. The van der Waals surface area contributed by atoms with Crippen molar-refractivity contribution in [3.05, 3.63) is 108 Å². The third-order valence-corrected chi connectivity index (χ3v) is 18.5. The van der Waals surface area contributed by atoms with E-state index in [0.29, 0.717) is 30.1 Å². The quantitative estimate of drug-likeness (QED) is 0.0632. The number of ether oxygens (including phenoxy) is 3. The molecule has 4 aliphatic rings. The second-order valence-corrected chi connectivity index (χ2v) is 22.5. The smallest absolute Gasteiger partial charge is 0.332 e. The van der Waals surface area contributed by atoms with Crippen LogP contribution >= 0.6 is 7.60 Å². The van der Waals surface area contributed by atoms with Crippen molar-refractivity contribution in [3.63, 3.8) is 0 Å². The van der Waals surface area contributed by atoms with Crippen molar-refractivity contribution >= 4 is 25.5 Å². The average Bonchev–Trinajstić information content (AvgIpc) is 3.68. The number of hydrogen-bond donors (Lipinski definition) is 2. The molecule has 4 fully saturated rings. The number of esters is 3. The molecule has 0 saturated heterocycles. The van der Waals surface area contributed by atoms with Gasteiger partial charge in [-0.15, -0.1) is 0 Å². The largest absolute Gasteiger partial charge is 0.460 e. The zero-order chi connectivity index (χ0) is 46.2. The summed E-state index contributed by atoms with van der Waals surface area (Å²) in [7, 11) is -4.02. The molecule has 4 aliphatic carbocycles. The lowest BCUT2D eigenvalue weighted by atomic mass is 9.43. The minimum atomic E-state index is -4.02. The van der Waals surface area contributed by atoms with Crippen LogP contribution in [-0.4, -0.2) is 53.3 Å². The van der Waals surface area contributed by atoms with E-state index in [-0.39, 0.29) is 74.0 Å². The maximum atomic E-state index is 14.6. The first-order valence-electron chi connectivity index (χ1n) is 24.0. The van der Waals surface area contributed by atoms with Crippen LogP contribution in [0.15, 0.2) is 91.0 Å². The summed E-state index contributed by atoms with van der Waals surface area (Å²) in [5.41, 5.74) is 0.776. The van der Waals surface area contributed by atoms with Gasteiger partial charge in [-0.1, -0.05) is 112 Å².